The van der Waals surface area contributed by atoms with Crippen LogP contribution in [0, 0.1) is 5.92 Å². The fraction of sp³-hybridized carbons (Fsp3) is 0.364. The van der Waals surface area contributed by atoms with Crippen molar-refractivity contribution in [2.24, 2.45) is 11.7 Å². The molecule has 0 spiro atoms. The number of nitrogens with one attached hydrogen (secondary N) is 1. The van der Waals surface area contributed by atoms with Crippen LogP contribution in [0.1, 0.15) is 54.0 Å². The topological polar surface area (TPSA) is 88.6 Å². The number of carbonyl (C=O) groups excluding carboxylic acids is 2. The predicted molar refractivity (Wildman–Crippen MR) is 109 cm³/mol. The summed E-state index contributed by atoms with van der Waals surface area (Å²) >= 11 is 0. The molecule has 1 saturated carbocycles. The molecule has 2 aromatic rings. The average Bonchev–Trinajstić information content (AvgIpc) is 3.09. The third-order valence-electron chi connectivity index (χ3n) is 5.51. The Kier molecular flexibility index (Phi) is 4.94. The minimum absolute atomic E-state index is 0.278. The molecule has 1 saturated heterocycles. The van der Waals surface area contributed by atoms with Gasteiger partial charge in [-0.25, -0.2) is 0 Å². The highest BCUT2D eigenvalue weighted by Crippen LogP contribution is 2.47. The average molecular weight is 379 g/mol. The van der Waals surface area contributed by atoms with Crippen molar-refractivity contribution in [2.75, 3.05) is 23.3 Å². The summed E-state index contributed by atoms with van der Waals surface area (Å²) in [5.74, 6) is 2.03. The molecule has 2 aliphatic rings. The Morgan fingerprint density at radius 1 is 1.21 bits per heavy atom. The Morgan fingerprint density at radius 2 is 1.96 bits per heavy atom. The summed E-state index contributed by atoms with van der Waals surface area (Å²) in [7, 11) is 0. The molecule has 1 aliphatic carbocycles. The van der Waals surface area contributed by atoms with Crippen LogP contribution in [-0.4, -0.2) is 24.9 Å². The van der Waals surface area contributed by atoms with Crippen molar-refractivity contribution in [3.05, 3.63) is 53.5 Å². The van der Waals surface area contributed by atoms with E-state index in [1.807, 2.05) is 18.2 Å². The molecule has 146 valence electrons. The number of benzene rings is 1. The van der Waals surface area contributed by atoms with Gasteiger partial charge in [-0.1, -0.05) is 6.92 Å². The Bertz CT molecular complexity index is 925. The van der Waals surface area contributed by atoms with Gasteiger partial charge in [-0.3, -0.25) is 9.59 Å². The van der Waals surface area contributed by atoms with Gasteiger partial charge in [-0.15, -0.1) is 0 Å². The first-order valence-corrected chi connectivity index (χ1v) is 9.79. The van der Waals surface area contributed by atoms with Crippen molar-refractivity contribution in [3.63, 3.8) is 0 Å². The van der Waals surface area contributed by atoms with Crippen molar-refractivity contribution >= 4 is 29.3 Å². The number of hydrogen-bond donors (Lipinski definition) is 2. The maximum atomic E-state index is 12.5. The van der Waals surface area contributed by atoms with Crippen LogP contribution in [0.3, 0.4) is 0 Å². The third-order valence-corrected chi connectivity index (χ3v) is 5.51. The number of nitrogens with two attached hydrogens (primary N) is 1. The van der Waals surface area contributed by atoms with Crippen LogP contribution in [0.15, 0.2) is 40.8 Å². The Balaban J connectivity index is 1.48. The Morgan fingerprint density at radius 3 is 2.64 bits per heavy atom. The van der Waals surface area contributed by atoms with Gasteiger partial charge in [0.05, 0.1) is 11.4 Å². The van der Waals surface area contributed by atoms with Crippen LogP contribution in [-0.2, 0) is 4.79 Å². The highest BCUT2D eigenvalue weighted by Gasteiger charge is 2.36. The molecule has 4 rings (SSSR count). The molecule has 2 amide bonds. The first-order valence-electron chi connectivity index (χ1n) is 9.79. The van der Waals surface area contributed by atoms with E-state index in [4.69, 9.17) is 10.2 Å². The summed E-state index contributed by atoms with van der Waals surface area (Å²) in [6.07, 6.45) is 6.51. The molecule has 2 fully saturated rings. The van der Waals surface area contributed by atoms with Crippen LogP contribution >= 0.6 is 0 Å². The van der Waals surface area contributed by atoms with E-state index in [2.05, 4.69) is 17.1 Å². The predicted octanol–water partition coefficient (Wildman–Crippen LogP) is 3.75. The summed E-state index contributed by atoms with van der Waals surface area (Å²) in [5.41, 5.74) is 7.28. The maximum Gasteiger partial charge on any atom is 0.248 e. The molecular weight excluding hydrogens is 354 g/mol. The summed E-state index contributed by atoms with van der Waals surface area (Å²) in [5, 5.41) is 2.89. The first-order chi connectivity index (χ1) is 13.5. The van der Waals surface area contributed by atoms with Crippen molar-refractivity contribution in [3.8, 4) is 0 Å². The lowest BCUT2D eigenvalue weighted by Gasteiger charge is -2.21. The zero-order chi connectivity index (χ0) is 19.7. The number of nitrogens with zero attached hydrogens (tertiary/aromatic N) is 1. The second-order valence-corrected chi connectivity index (χ2v) is 7.67. The molecular formula is C22H25N3O3. The number of furan rings is 1. The lowest BCUT2D eigenvalue weighted by Crippen LogP contribution is -2.21. The van der Waals surface area contributed by atoms with E-state index in [0.29, 0.717) is 28.8 Å². The third kappa shape index (κ3) is 3.96. The maximum absolute atomic E-state index is 12.5. The van der Waals surface area contributed by atoms with Gasteiger partial charge in [-0.2, -0.15) is 0 Å². The van der Waals surface area contributed by atoms with E-state index >= 15 is 0 Å². The van der Waals surface area contributed by atoms with Crippen molar-refractivity contribution < 1.29 is 14.0 Å². The van der Waals surface area contributed by atoms with Crippen LogP contribution in [0.5, 0.6) is 0 Å². The summed E-state index contributed by atoms with van der Waals surface area (Å²) in [6, 6.07) is 9.05. The van der Waals surface area contributed by atoms with Gasteiger partial charge in [0, 0.05) is 30.6 Å². The molecule has 0 radical (unpaired) electrons. The van der Waals surface area contributed by atoms with Gasteiger partial charge in [0.1, 0.15) is 11.5 Å². The highest BCUT2D eigenvalue weighted by molar-refractivity contribution is 6.05. The quantitative estimate of drug-likeness (QED) is 0.748. The number of anilines is 2. The highest BCUT2D eigenvalue weighted by atomic mass is 16.3. The van der Waals surface area contributed by atoms with E-state index in [1.165, 1.54) is 6.08 Å². The molecule has 6 nitrogen and oxygen atoms in total. The molecule has 3 N–H and O–H groups in total. The van der Waals surface area contributed by atoms with Crippen LogP contribution in [0.2, 0.25) is 0 Å². The molecule has 28 heavy (non-hydrogen) atoms. The number of primary amides is 1. The number of carbonyl (C=O) groups is 2. The normalized spacial score (nSPS) is 21.2. The Hall–Kier alpha value is -3.02. The minimum atomic E-state index is -0.517. The van der Waals surface area contributed by atoms with Gasteiger partial charge in [0.15, 0.2) is 0 Å². The van der Waals surface area contributed by atoms with E-state index in [-0.39, 0.29) is 5.91 Å². The second kappa shape index (κ2) is 7.54. The standard InChI is InChI=1S/C22H25N3O3/c1-14-12-17(14)20-8-5-16(28-20)6-9-21(26)24-18-13-15(22(23)27)4-7-19(18)25-10-2-3-11-25/h4-9,13-14,17H,2-3,10-12H2,1H3,(H2,23,27)(H,24,26)/b9-6-/t14-,17+/m1/s1. The van der Waals surface area contributed by atoms with Gasteiger partial charge < -0.3 is 20.4 Å². The van der Waals surface area contributed by atoms with Crippen molar-refractivity contribution in [2.45, 2.75) is 32.1 Å². The lowest BCUT2D eigenvalue weighted by atomic mass is 10.1. The fourth-order valence-corrected chi connectivity index (χ4v) is 3.73. The fourth-order valence-electron chi connectivity index (χ4n) is 3.73. The van der Waals surface area contributed by atoms with Crippen LogP contribution < -0.4 is 16.0 Å². The van der Waals surface area contributed by atoms with E-state index in [1.54, 1.807) is 18.2 Å². The first kappa shape index (κ1) is 18.3. The largest absolute Gasteiger partial charge is 0.461 e. The van der Waals surface area contributed by atoms with Gasteiger partial charge >= 0.3 is 0 Å². The number of rotatable bonds is 6. The molecule has 0 unspecified atom stereocenters. The molecule has 6 heteroatoms. The molecule has 2 heterocycles. The summed E-state index contributed by atoms with van der Waals surface area (Å²) in [4.78, 5) is 26.2. The van der Waals surface area contributed by atoms with Gasteiger partial charge in [0.25, 0.3) is 0 Å². The molecule has 1 aromatic heterocycles. The number of hydrogen-bond acceptors (Lipinski definition) is 4. The monoisotopic (exact) mass is 379 g/mol. The van der Waals surface area contributed by atoms with Crippen LogP contribution in [0.25, 0.3) is 6.08 Å². The molecule has 1 aliphatic heterocycles. The smallest absolute Gasteiger partial charge is 0.248 e. The number of amides is 2. The second-order valence-electron chi connectivity index (χ2n) is 7.67. The summed E-state index contributed by atoms with van der Waals surface area (Å²) < 4.78 is 5.80. The lowest BCUT2D eigenvalue weighted by molar-refractivity contribution is -0.111. The zero-order valence-corrected chi connectivity index (χ0v) is 16.0. The van der Waals surface area contributed by atoms with E-state index in [9.17, 15) is 9.59 Å². The van der Waals surface area contributed by atoms with E-state index < -0.39 is 5.91 Å². The molecule has 0 bridgehead atoms. The van der Waals surface area contributed by atoms with Crippen molar-refractivity contribution in [1.29, 1.82) is 0 Å². The van der Waals surface area contributed by atoms with Gasteiger partial charge in [0.2, 0.25) is 11.8 Å². The van der Waals surface area contributed by atoms with E-state index in [0.717, 1.165) is 43.8 Å². The molecule has 1 aromatic carbocycles. The zero-order valence-electron chi connectivity index (χ0n) is 16.0. The van der Waals surface area contributed by atoms with Crippen LogP contribution in [0.4, 0.5) is 11.4 Å². The van der Waals surface area contributed by atoms with Gasteiger partial charge in [-0.05, 0) is 61.6 Å². The molecule has 2 atom stereocenters. The Labute approximate surface area is 164 Å². The minimum Gasteiger partial charge on any atom is -0.461 e. The van der Waals surface area contributed by atoms with Crippen molar-refractivity contribution in [1.82, 2.24) is 0 Å². The summed E-state index contributed by atoms with van der Waals surface area (Å²) in [6.45, 7) is 4.07. The SMILES string of the molecule is C[C@@H]1C[C@@H]1c1ccc(/C=C\C(=O)Nc2cc(C(N)=O)ccc2N2CCCC2)o1.